The molecule has 6 nitrogen and oxygen atoms in total. The number of anilines is 1. The van der Waals surface area contributed by atoms with Gasteiger partial charge in [0.2, 0.25) is 0 Å². The Kier molecular flexibility index (Phi) is 6.25. The van der Waals surface area contributed by atoms with Crippen molar-refractivity contribution in [3.05, 3.63) is 112 Å². The molecule has 0 fully saturated rings. The maximum Gasteiger partial charge on any atom is 0.292 e. The van der Waals surface area contributed by atoms with Crippen molar-refractivity contribution >= 4 is 45.7 Å². The number of halogens is 2. The zero-order valence-electron chi connectivity index (χ0n) is 17.9. The molecule has 2 aromatic heterocycles. The Bertz CT molecular complexity index is 1480. The Morgan fingerprint density at radius 3 is 2.59 bits per heavy atom. The molecular formula is C26H19Cl2N3O3. The van der Waals surface area contributed by atoms with Crippen LogP contribution < -0.4 is 10.1 Å². The highest BCUT2D eigenvalue weighted by Gasteiger charge is 2.16. The van der Waals surface area contributed by atoms with Gasteiger partial charge >= 0.3 is 0 Å². The van der Waals surface area contributed by atoms with Crippen LogP contribution in [0.3, 0.4) is 0 Å². The minimum absolute atomic E-state index is 0.133. The summed E-state index contributed by atoms with van der Waals surface area (Å²) >= 11 is 12.5. The first kappa shape index (κ1) is 22.1. The van der Waals surface area contributed by atoms with Gasteiger partial charge in [-0.05, 0) is 46.7 Å². The van der Waals surface area contributed by atoms with E-state index in [0.717, 1.165) is 22.1 Å². The Balaban J connectivity index is 1.21. The van der Waals surface area contributed by atoms with Crippen molar-refractivity contribution in [1.82, 2.24) is 9.78 Å². The minimum Gasteiger partial charge on any atom is -0.486 e. The zero-order valence-corrected chi connectivity index (χ0v) is 19.4. The van der Waals surface area contributed by atoms with Crippen LogP contribution in [0.15, 0.2) is 89.5 Å². The number of ether oxygens (including phenoxy) is 1. The summed E-state index contributed by atoms with van der Waals surface area (Å²) in [5.41, 5.74) is 0.892. The highest BCUT2D eigenvalue weighted by atomic mass is 35.5. The van der Waals surface area contributed by atoms with Gasteiger partial charge in [-0.25, -0.2) is 0 Å². The van der Waals surface area contributed by atoms with E-state index in [0.29, 0.717) is 22.4 Å². The maximum absolute atomic E-state index is 12.6. The molecule has 0 saturated heterocycles. The van der Waals surface area contributed by atoms with Crippen molar-refractivity contribution in [2.75, 3.05) is 5.32 Å². The smallest absolute Gasteiger partial charge is 0.292 e. The molecule has 2 heterocycles. The SMILES string of the molecule is O=C(Nc1nn(Cc2ccccc2Cl)cc1Cl)c1ccc(COc2ccc3ccccc3c2)o1. The second-order valence-corrected chi connectivity index (χ2v) is 8.45. The van der Waals surface area contributed by atoms with Crippen molar-refractivity contribution < 1.29 is 13.9 Å². The highest BCUT2D eigenvalue weighted by Crippen LogP contribution is 2.24. The van der Waals surface area contributed by atoms with Crippen LogP contribution >= 0.6 is 23.2 Å². The molecule has 0 aliphatic heterocycles. The van der Waals surface area contributed by atoms with Gasteiger partial charge in [-0.2, -0.15) is 5.10 Å². The number of hydrogen-bond acceptors (Lipinski definition) is 4. The van der Waals surface area contributed by atoms with Crippen molar-refractivity contribution in [2.45, 2.75) is 13.2 Å². The van der Waals surface area contributed by atoms with E-state index in [1.165, 1.54) is 0 Å². The summed E-state index contributed by atoms with van der Waals surface area (Å²) in [7, 11) is 0. The molecule has 0 spiro atoms. The largest absolute Gasteiger partial charge is 0.486 e. The second-order valence-electron chi connectivity index (χ2n) is 7.63. The quantitative estimate of drug-likeness (QED) is 0.271. The molecule has 5 rings (SSSR count). The van der Waals surface area contributed by atoms with Crippen molar-refractivity contribution in [3.63, 3.8) is 0 Å². The Morgan fingerprint density at radius 1 is 0.941 bits per heavy atom. The third-order valence-corrected chi connectivity index (χ3v) is 5.87. The van der Waals surface area contributed by atoms with Gasteiger partial charge in [0.25, 0.3) is 5.91 Å². The van der Waals surface area contributed by atoms with Gasteiger partial charge in [0.15, 0.2) is 11.6 Å². The third-order valence-electron chi connectivity index (χ3n) is 5.23. The van der Waals surface area contributed by atoms with Gasteiger partial charge in [-0.1, -0.05) is 71.7 Å². The molecule has 0 unspecified atom stereocenters. The third kappa shape index (κ3) is 4.93. The van der Waals surface area contributed by atoms with E-state index in [1.54, 1.807) is 23.0 Å². The molecule has 0 radical (unpaired) electrons. The van der Waals surface area contributed by atoms with Crippen LogP contribution in [0, 0.1) is 0 Å². The van der Waals surface area contributed by atoms with E-state index in [9.17, 15) is 4.79 Å². The number of rotatable bonds is 7. The first-order valence-electron chi connectivity index (χ1n) is 10.5. The summed E-state index contributed by atoms with van der Waals surface area (Å²) in [5.74, 6) is 1.16. The molecule has 0 aliphatic rings. The summed E-state index contributed by atoms with van der Waals surface area (Å²) < 4.78 is 13.1. The number of hydrogen-bond donors (Lipinski definition) is 1. The summed E-state index contributed by atoms with van der Waals surface area (Å²) in [5, 5.41) is 10.2. The summed E-state index contributed by atoms with van der Waals surface area (Å²) in [6.45, 7) is 0.616. The predicted octanol–water partition coefficient (Wildman–Crippen LogP) is 6.82. The standard InChI is InChI=1S/C26H19Cl2N3O3/c27-22-8-4-3-7-19(22)14-31-15-23(28)25(30-31)29-26(32)24-12-11-21(34-24)16-33-20-10-9-17-5-1-2-6-18(17)13-20/h1-13,15H,14,16H2,(H,29,30,32). The molecule has 34 heavy (non-hydrogen) atoms. The van der Waals surface area contributed by atoms with Crippen molar-refractivity contribution in [3.8, 4) is 5.75 Å². The summed E-state index contributed by atoms with van der Waals surface area (Å²) in [4.78, 5) is 12.6. The van der Waals surface area contributed by atoms with E-state index in [4.69, 9.17) is 32.4 Å². The fourth-order valence-corrected chi connectivity index (χ4v) is 3.92. The van der Waals surface area contributed by atoms with Gasteiger partial charge in [-0.15, -0.1) is 0 Å². The molecule has 0 saturated carbocycles. The predicted molar refractivity (Wildman–Crippen MR) is 133 cm³/mol. The van der Waals surface area contributed by atoms with Crippen molar-refractivity contribution in [1.29, 1.82) is 0 Å². The summed E-state index contributed by atoms with van der Waals surface area (Å²) in [6, 6.07) is 24.7. The molecule has 0 aliphatic carbocycles. The number of carbonyl (C=O) groups excluding carboxylic acids is 1. The minimum atomic E-state index is -0.457. The van der Waals surface area contributed by atoms with Gasteiger partial charge in [0.1, 0.15) is 23.1 Å². The van der Waals surface area contributed by atoms with Gasteiger partial charge < -0.3 is 14.5 Å². The second kappa shape index (κ2) is 9.63. The molecule has 5 aromatic rings. The zero-order chi connectivity index (χ0) is 23.5. The van der Waals surface area contributed by atoms with E-state index < -0.39 is 5.91 Å². The first-order chi connectivity index (χ1) is 16.5. The van der Waals surface area contributed by atoms with Gasteiger partial charge in [-0.3, -0.25) is 9.48 Å². The molecule has 0 bridgehead atoms. The number of carbonyl (C=O) groups is 1. The number of nitrogens with one attached hydrogen (secondary N) is 1. The Labute approximate surface area is 205 Å². The van der Waals surface area contributed by atoms with E-state index in [1.807, 2.05) is 66.7 Å². The lowest BCUT2D eigenvalue weighted by atomic mass is 10.1. The highest BCUT2D eigenvalue weighted by molar-refractivity contribution is 6.33. The first-order valence-corrected chi connectivity index (χ1v) is 11.3. The van der Waals surface area contributed by atoms with Gasteiger partial charge in [0.05, 0.1) is 6.54 Å². The molecule has 3 aromatic carbocycles. The van der Waals surface area contributed by atoms with Crippen LogP contribution in [0.2, 0.25) is 10.0 Å². The van der Waals surface area contributed by atoms with Crippen LogP contribution in [0.1, 0.15) is 21.9 Å². The number of benzene rings is 3. The van der Waals surface area contributed by atoms with Gasteiger partial charge in [0, 0.05) is 11.2 Å². The van der Waals surface area contributed by atoms with E-state index >= 15 is 0 Å². The Morgan fingerprint density at radius 2 is 1.74 bits per heavy atom. The summed E-state index contributed by atoms with van der Waals surface area (Å²) in [6.07, 6.45) is 1.63. The monoisotopic (exact) mass is 491 g/mol. The average Bonchev–Trinajstić information content (AvgIpc) is 3.46. The average molecular weight is 492 g/mol. The van der Waals surface area contributed by atoms with E-state index in [-0.39, 0.29) is 18.2 Å². The molecule has 1 N–H and O–H groups in total. The fourth-order valence-electron chi connectivity index (χ4n) is 3.52. The number of amides is 1. The maximum atomic E-state index is 12.6. The van der Waals surface area contributed by atoms with Crippen LogP contribution in [0.4, 0.5) is 5.82 Å². The van der Waals surface area contributed by atoms with Crippen LogP contribution in [0.5, 0.6) is 5.75 Å². The lowest BCUT2D eigenvalue weighted by Crippen LogP contribution is -2.12. The van der Waals surface area contributed by atoms with Crippen molar-refractivity contribution in [2.24, 2.45) is 0 Å². The Hall–Kier alpha value is -3.74. The van der Waals surface area contributed by atoms with Crippen LogP contribution in [-0.2, 0) is 13.2 Å². The lowest BCUT2D eigenvalue weighted by Gasteiger charge is -2.06. The fraction of sp³-hybridized carbons (Fsp3) is 0.0769. The molecular weight excluding hydrogens is 473 g/mol. The number of nitrogens with zero attached hydrogens (tertiary/aromatic N) is 2. The van der Waals surface area contributed by atoms with Crippen LogP contribution in [0.25, 0.3) is 10.8 Å². The molecule has 8 heteroatoms. The number of aromatic nitrogens is 2. The lowest BCUT2D eigenvalue weighted by molar-refractivity contribution is 0.0992. The molecule has 0 atom stereocenters. The van der Waals surface area contributed by atoms with Crippen LogP contribution in [-0.4, -0.2) is 15.7 Å². The number of furan rings is 1. The topological polar surface area (TPSA) is 69.3 Å². The molecule has 1 amide bonds. The number of fused-ring (bicyclic) bond motifs is 1. The normalized spacial score (nSPS) is 11.0. The molecule has 170 valence electrons. The van der Waals surface area contributed by atoms with E-state index in [2.05, 4.69) is 10.4 Å².